The van der Waals surface area contributed by atoms with Crippen molar-refractivity contribution in [1.29, 1.82) is 0 Å². The lowest BCUT2D eigenvalue weighted by Crippen LogP contribution is -2.22. The van der Waals surface area contributed by atoms with E-state index in [0.29, 0.717) is 23.3 Å². The largest absolute Gasteiger partial charge is 0.449 e. The number of benzene rings is 1. The van der Waals surface area contributed by atoms with Gasteiger partial charge in [-0.1, -0.05) is 19.1 Å². The van der Waals surface area contributed by atoms with Gasteiger partial charge in [-0.25, -0.2) is 17.6 Å². The summed E-state index contributed by atoms with van der Waals surface area (Å²) in [5.41, 5.74) is 0.301. The molecule has 1 aromatic carbocycles. The van der Waals surface area contributed by atoms with E-state index in [9.17, 15) is 17.6 Å². The van der Waals surface area contributed by atoms with E-state index in [1.165, 1.54) is 24.4 Å². The van der Waals surface area contributed by atoms with E-state index in [2.05, 4.69) is 4.98 Å². The van der Waals surface area contributed by atoms with Gasteiger partial charge in [-0.05, 0) is 38.0 Å². The van der Waals surface area contributed by atoms with Crippen LogP contribution in [0.4, 0.5) is 4.39 Å². The SMILES string of the molecule is CCc1ncc(OC2=C(c3ccc(S(C)(=O)=O)cc3)C(C)(C)OC2=O)cc1F. The molecule has 3 rings (SSSR count). The first-order chi connectivity index (χ1) is 13.0. The Morgan fingerprint density at radius 2 is 1.86 bits per heavy atom. The smallest absolute Gasteiger partial charge is 0.375 e. The number of cyclic esters (lactones) is 1. The van der Waals surface area contributed by atoms with Crippen LogP contribution in [0.5, 0.6) is 5.75 Å². The molecule has 6 nitrogen and oxygen atoms in total. The van der Waals surface area contributed by atoms with Gasteiger partial charge in [-0.2, -0.15) is 0 Å². The van der Waals surface area contributed by atoms with Crippen molar-refractivity contribution in [3.63, 3.8) is 0 Å². The Morgan fingerprint density at radius 3 is 2.39 bits per heavy atom. The van der Waals surface area contributed by atoms with Crippen LogP contribution in [-0.2, 0) is 25.8 Å². The number of aromatic nitrogens is 1. The van der Waals surface area contributed by atoms with E-state index in [4.69, 9.17) is 9.47 Å². The molecule has 1 aromatic heterocycles. The molecule has 148 valence electrons. The van der Waals surface area contributed by atoms with Crippen LogP contribution in [0.1, 0.15) is 32.0 Å². The molecule has 28 heavy (non-hydrogen) atoms. The molecule has 0 saturated carbocycles. The van der Waals surface area contributed by atoms with Crippen molar-refractivity contribution in [2.45, 2.75) is 37.7 Å². The first-order valence-electron chi connectivity index (χ1n) is 8.64. The number of pyridine rings is 1. The highest BCUT2D eigenvalue weighted by atomic mass is 32.2. The summed E-state index contributed by atoms with van der Waals surface area (Å²) < 4.78 is 48.4. The number of carbonyl (C=O) groups is 1. The van der Waals surface area contributed by atoms with E-state index in [1.54, 1.807) is 32.9 Å². The van der Waals surface area contributed by atoms with Gasteiger partial charge in [-0.15, -0.1) is 0 Å². The predicted molar refractivity (Wildman–Crippen MR) is 101 cm³/mol. The van der Waals surface area contributed by atoms with E-state index >= 15 is 0 Å². The quantitative estimate of drug-likeness (QED) is 0.710. The second-order valence-electron chi connectivity index (χ2n) is 6.96. The van der Waals surface area contributed by atoms with Crippen LogP contribution in [0.3, 0.4) is 0 Å². The molecule has 0 radical (unpaired) electrons. The van der Waals surface area contributed by atoms with Crippen LogP contribution in [0.25, 0.3) is 5.57 Å². The minimum atomic E-state index is -3.35. The number of hydrogen-bond acceptors (Lipinski definition) is 6. The average molecular weight is 405 g/mol. The highest BCUT2D eigenvalue weighted by Crippen LogP contribution is 2.40. The third-order valence-electron chi connectivity index (χ3n) is 4.38. The molecule has 0 amide bonds. The summed E-state index contributed by atoms with van der Waals surface area (Å²) >= 11 is 0. The Bertz CT molecular complexity index is 1070. The molecule has 1 aliphatic heterocycles. The topological polar surface area (TPSA) is 82.6 Å². The Labute approximate surface area is 162 Å². The van der Waals surface area contributed by atoms with Gasteiger partial charge in [0.15, 0.2) is 9.84 Å². The summed E-state index contributed by atoms with van der Waals surface area (Å²) in [6.07, 6.45) is 2.89. The predicted octanol–water partition coefficient (Wildman–Crippen LogP) is 3.31. The summed E-state index contributed by atoms with van der Waals surface area (Å²) in [6, 6.07) is 7.23. The number of nitrogens with zero attached hydrogens (tertiary/aromatic N) is 1. The van der Waals surface area contributed by atoms with Gasteiger partial charge in [0.1, 0.15) is 17.2 Å². The second-order valence-corrected chi connectivity index (χ2v) is 8.97. The molecule has 0 spiro atoms. The summed E-state index contributed by atoms with van der Waals surface area (Å²) in [6.45, 7) is 5.17. The molecular weight excluding hydrogens is 385 g/mol. The second kappa shape index (κ2) is 7.01. The van der Waals surface area contributed by atoms with Crippen molar-refractivity contribution in [2.24, 2.45) is 0 Å². The average Bonchev–Trinajstić information content (AvgIpc) is 2.82. The molecule has 0 saturated heterocycles. The number of hydrogen-bond donors (Lipinski definition) is 0. The molecule has 0 unspecified atom stereocenters. The van der Waals surface area contributed by atoms with E-state index in [-0.39, 0.29) is 16.4 Å². The lowest BCUT2D eigenvalue weighted by Gasteiger charge is -2.21. The molecule has 1 aliphatic rings. The van der Waals surface area contributed by atoms with Gasteiger partial charge in [0, 0.05) is 12.3 Å². The van der Waals surface area contributed by atoms with E-state index < -0.39 is 27.2 Å². The number of halogens is 1. The summed E-state index contributed by atoms with van der Waals surface area (Å²) in [7, 11) is -3.35. The van der Waals surface area contributed by atoms with Crippen LogP contribution >= 0.6 is 0 Å². The molecule has 8 heteroatoms. The maximum Gasteiger partial charge on any atom is 0.375 e. The molecule has 0 aliphatic carbocycles. The highest BCUT2D eigenvalue weighted by Gasteiger charge is 2.43. The van der Waals surface area contributed by atoms with Gasteiger partial charge in [-0.3, -0.25) is 4.98 Å². The molecule has 0 bridgehead atoms. The lowest BCUT2D eigenvalue weighted by atomic mass is 9.92. The third kappa shape index (κ3) is 3.77. The molecule has 0 atom stereocenters. The summed E-state index contributed by atoms with van der Waals surface area (Å²) in [4.78, 5) is 16.5. The minimum Gasteiger partial charge on any atom is -0.449 e. The monoisotopic (exact) mass is 405 g/mol. The number of sulfone groups is 1. The van der Waals surface area contributed by atoms with Crippen molar-refractivity contribution in [2.75, 3.05) is 6.26 Å². The van der Waals surface area contributed by atoms with E-state index in [1.807, 2.05) is 0 Å². The van der Waals surface area contributed by atoms with E-state index in [0.717, 1.165) is 6.26 Å². The standard InChI is InChI=1S/C20H20FNO5S/c1-5-16-15(21)10-13(11-22-16)26-18-17(20(2,3)27-19(18)23)12-6-8-14(9-7-12)28(4,24)25/h6-11H,5H2,1-4H3. The van der Waals surface area contributed by atoms with Crippen LogP contribution in [0.2, 0.25) is 0 Å². The molecular formula is C20H20FNO5S. The number of aryl methyl sites for hydroxylation is 1. The fraction of sp³-hybridized carbons (Fsp3) is 0.300. The molecule has 2 heterocycles. The summed E-state index contributed by atoms with van der Waals surface area (Å²) in [5, 5.41) is 0. The Kier molecular flexibility index (Phi) is 5.01. The fourth-order valence-electron chi connectivity index (χ4n) is 3.03. The van der Waals surface area contributed by atoms with Gasteiger partial charge in [0.05, 0.1) is 22.4 Å². The van der Waals surface area contributed by atoms with Gasteiger partial charge in [0.2, 0.25) is 5.76 Å². The molecule has 0 fully saturated rings. The van der Waals surface area contributed by atoms with Crippen LogP contribution in [-0.4, -0.2) is 31.2 Å². The molecule has 0 N–H and O–H groups in total. The Balaban J connectivity index is 2.06. The lowest BCUT2D eigenvalue weighted by molar-refractivity contribution is -0.145. The van der Waals surface area contributed by atoms with Crippen LogP contribution in [0, 0.1) is 5.82 Å². The van der Waals surface area contributed by atoms with Crippen molar-refractivity contribution >= 4 is 21.4 Å². The van der Waals surface area contributed by atoms with Gasteiger partial charge >= 0.3 is 5.97 Å². The summed E-state index contributed by atoms with van der Waals surface area (Å²) in [5.74, 6) is -1.22. The zero-order valence-corrected chi connectivity index (χ0v) is 16.8. The molecule has 2 aromatic rings. The van der Waals surface area contributed by atoms with Crippen LogP contribution < -0.4 is 4.74 Å². The Morgan fingerprint density at radius 1 is 1.21 bits per heavy atom. The number of ether oxygens (including phenoxy) is 2. The normalized spacial score (nSPS) is 16.2. The number of rotatable bonds is 5. The number of carbonyl (C=O) groups excluding carboxylic acids is 1. The van der Waals surface area contributed by atoms with Gasteiger partial charge < -0.3 is 9.47 Å². The van der Waals surface area contributed by atoms with Crippen molar-refractivity contribution < 1.29 is 27.1 Å². The van der Waals surface area contributed by atoms with Crippen molar-refractivity contribution in [3.8, 4) is 5.75 Å². The van der Waals surface area contributed by atoms with Crippen molar-refractivity contribution in [3.05, 3.63) is 59.4 Å². The zero-order valence-electron chi connectivity index (χ0n) is 15.9. The maximum atomic E-state index is 14.0. The minimum absolute atomic E-state index is 0.0737. The Hall–Kier alpha value is -2.74. The first kappa shape index (κ1) is 20.0. The number of esters is 1. The zero-order chi connectivity index (χ0) is 20.7. The maximum absolute atomic E-state index is 14.0. The highest BCUT2D eigenvalue weighted by molar-refractivity contribution is 7.90. The third-order valence-corrected chi connectivity index (χ3v) is 5.51. The van der Waals surface area contributed by atoms with Crippen molar-refractivity contribution in [1.82, 2.24) is 4.98 Å². The first-order valence-corrected chi connectivity index (χ1v) is 10.5. The fourth-order valence-corrected chi connectivity index (χ4v) is 3.66. The van der Waals surface area contributed by atoms with Gasteiger partial charge in [0.25, 0.3) is 0 Å². The van der Waals surface area contributed by atoms with Crippen LogP contribution in [0.15, 0.2) is 47.2 Å².